The van der Waals surface area contributed by atoms with E-state index >= 15 is 0 Å². The van der Waals surface area contributed by atoms with E-state index in [0.29, 0.717) is 31.5 Å². The standard InChI is InChI=1S/C11H15NO3/c1-8-6-9(7-15-8)11(14)12-4-2-10(13)3-5-12/h6-7,10,13H,2-5H2,1H3. The maximum absolute atomic E-state index is 11.9. The molecular weight excluding hydrogens is 194 g/mol. The third-order valence-electron chi connectivity index (χ3n) is 2.73. The predicted molar refractivity (Wildman–Crippen MR) is 54.6 cm³/mol. The number of likely N-dealkylation sites (tertiary alicyclic amines) is 1. The highest BCUT2D eigenvalue weighted by Crippen LogP contribution is 2.15. The minimum Gasteiger partial charge on any atom is -0.469 e. The van der Waals surface area contributed by atoms with Gasteiger partial charge in [0.25, 0.3) is 5.91 Å². The van der Waals surface area contributed by atoms with Crippen LogP contribution in [0.2, 0.25) is 0 Å². The number of nitrogens with zero attached hydrogens (tertiary/aromatic N) is 1. The maximum atomic E-state index is 11.9. The molecule has 2 rings (SSSR count). The molecule has 1 fully saturated rings. The second kappa shape index (κ2) is 4.06. The number of amides is 1. The number of hydrogen-bond donors (Lipinski definition) is 1. The summed E-state index contributed by atoms with van der Waals surface area (Å²) in [6, 6.07) is 1.74. The fourth-order valence-electron chi connectivity index (χ4n) is 1.81. The molecule has 1 aliphatic heterocycles. The van der Waals surface area contributed by atoms with Crippen molar-refractivity contribution in [2.75, 3.05) is 13.1 Å². The average Bonchev–Trinajstić information content (AvgIpc) is 2.65. The van der Waals surface area contributed by atoms with Crippen LogP contribution in [0.1, 0.15) is 29.0 Å². The molecule has 0 atom stereocenters. The smallest absolute Gasteiger partial charge is 0.257 e. The molecule has 0 aliphatic carbocycles. The van der Waals surface area contributed by atoms with Crippen molar-refractivity contribution in [1.82, 2.24) is 4.90 Å². The Kier molecular flexibility index (Phi) is 2.77. The monoisotopic (exact) mass is 209 g/mol. The fraction of sp³-hybridized carbons (Fsp3) is 0.545. The quantitative estimate of drug-likeness (QED) is 0.755. The van der Waals surface area contributed by atoms with Crippen LogP contribution in [0, 0.1) is 6.92 Å². The largest absolute Gasteiger partial charge is 0.469 e. The van der Waals surface area contributed by atoms with Crippen LogP contribution >= 0.6 is 0 Å². The van der Waals surface area contributed by atoms with Crippen LogP contribution in [-0.4, -0.2) is 35.1 Å². The summed E-state index contributed by atoms with van der Waals surface area (Å²) in [6.45, 7) is 3.07. The van der Waals surface area contributed by atoms with Gasteiger partial charge in [0.1, 0.15) is 12.0 Å². The van der Waals surface area contributed by atoms with Crippen molar-refractivity contribution in [2.24, 2.45) is 0 Å². The molecule has 0 spiro atoms. The molecule has 1 N–H and O–H groups in total. The molecule has 0 saturated carbocycles. The summed E-state index contributed by atoms with van der Waals surface area (Å²) in [6.07, 6.45) is 2.58. The lowest BCUT2D eigenvalue weighted by atomic mass is 10.1. The molecule has 1 aromatic rings. The van der Waals surface area contributed by atoms with Crippen molar-refractivity contribution in [3.63, 3.8) is 0 Å². The highest BCUT2D eigenvalue weighted by molar-refractivity contribution is 5.94. The van der Waals surface area contributed by atoms with Crippen LogP contribution in [0.25, 0.3) is 0 Å². The molecule has 4 heteroatoms. The van der Waals surface area contributed by atoms with Crippen molar-refractivity contribution < 1.29 is 14.3 Å². The van der Waals surface area contributed by atoms with Gasteiger partial charge in [0.05, 0.1) is 11.7 Å². The SMILES string of the molecule is Cc1cc(C(=O)N2CCC(O)CC2)co1. The van der Waals surface area contributed by atoms with Crippen LogP contribution in [0.15, 0.2) is 16.7 Å². The zero-order chi connectivity index (χ0) is 10.8. The lowest BCUT2D eigenvalue weighted by Gasteiger charge is -2.29. The van der Waals surface area contributed by atoms with Gasteiger partial charge in [0, 0.05) is 13.1 Å². The normalized spacial score (nSPS) is 18.1. The zero-order valence-electron chi connectivity index (χ0n) is 8.77. The van der Waals surface area contributed by atoms with Crippen LogP contribution in [0.4, 0.5) is 0 Å². The van der Waals surface area contributed by atoms with Gasteiger partial charge in [-0.2, -0.15) is 0 Å². The van der Waals surface area contributed by atoms with Gasteiger partial charge in [-0.3, -0.25) is 4.79 Å². The van der Waals surface area contributed by atoms with Crippen LogP contribution in [-0.2, 0) is 0 Å². The van der Waals surface area contributed by atoms with Crippen molar-refractivity contribution in [1.29, 1.82) is 0 Å². The molecule has 1 aliphatic rings. The van der Waals surface area contributed by atoms with Crippen molar-refractivity contribution >= 4 is 5.91 Å². The molecule has 0 radical (unpaired) electrons. The maximum Gasteiger partial charge on any atom is 0.257 e. The van der Waals surface area contributed by atoms with E-state index in [-0.39, 0.29) is 12.0 Å². The predicted octanol–water partition coefficient (Wildman–Crippen LogP) is 1.18. The van der Waals surface area contributed by atoms with E-state index in [2.05, 4.69) is 0 Å². The zero-order valence-corrected chi connectivity index (χ0v) is 8.77. The van der Waals surface area contributed by atoms with E-state index in [1.54, 1.807) is 11.0 Å². The third kappa shape index (κ3) is 2.21. The van der Waals surface area contributed by atoms with Crippen molar-refractivity contribution in [3.05, 3.63) is 23.7 Å². The molecule has 1 aromatic heterocycles. The van der Waals surface area contributed by atoms with Crippen LogP contribution in [0.5, 0.6) is 0 Å². The van der Waals surface area contributed by atoms with Crippen LogP contribution in [0.3, 0.4) is 0 Å². The summed E-state index contributed by atoms with van der Waals surface area (Å²) in [7, 11) is 0. The molecule has 1 saturated heterocycles. The summed E-state index contributed by atoms with van der Waals surface area (Å²) >= 11 is 0. The molecular formula is C11H15NO3. The number of aryl methyl sites for hydroxylation is 1. The Morgan fingerprint density at radius 3 is 2.73 bits per heavy atom. The first-order valence-corrected chi connectivity index (χ1v) is 5.19. The molecule has 0 aromatic carbocycles. The van der Waals surface area contributed by atoms with Gasteiger partial charge in [0.2, 0.25) is 0 Å². The highest BCUT2D eigenvalue weighted by atomic mass is 16.3. The van der Waals surface area contributed by atoms with Gasteiger partial charge in [-0.25, -0.2) is 0 Å². The van der Waals surface area contributed by atoms with E-state index in [1.807, 2.05) is 6.92 Å². The van der Waals surface area contributed by atoms with E-state index in [9.17, 15) is 9.90 Å². The topological polar surface area (TPSA) is 53.7 Å². The first-order valence-electron chi connectivity index (χ1n) is 5.19. The highest BCUT2D eigenvalue weighted by Gasteiger charge is 2.22. The number of carbonyl (C=O) groups excluding carboxylic acids is 1. The Hall–Kier alpha value is -1.29. The average molecular weight is 209 g/mol. The van der Waals surface area contributed by atoms with Gasteiger partial charge in [-0.05, 0) is 25.8 Å². The minimum absolute atomic E-state index is 0.00116. The lowest BCUT2D eigenvalue weighted by molar-refractivity contribution is 0.0546. The molecule has 82 valence electrons. The second-order valence-electron chi connectivity index (χ2n) is 3.97. The number of hydrogen-bond acceptors (Lipinski definition) is 3. The van der Waals surface area contributed by atoms with Gasteiger partial charge in [-0.1, -0.05) is 0 Å². The number of aliphatic hydroxyl groups is 1. The number of aliphatic hydroxyl groups excluding tert-OH is 1. The van der Waals surface area contributed by atoms with Gasteiger partial charge < -0.3 is 14.4 Å². The van der Waals surface area contributed by atoms with E-state index in [1.165, 1.54) is 6.26 Å². The number of furan rings is 1. The fourth-order valence-corrected chi connectivity index (χ4v) is 1.81. The Bertz CT molecular complexity index is 350. The molecule has 0 unspecified atom stereocenters. The number of carbonyl (C=O) groups is 1. The first-order chi connectivity index (χ1) is 7.16. The molecule has 0 bridgehead atoms. The Labute approximate surface area is 88.5 Å². The van der Waals surface area contributed by atoms with E-state index in [0.717, 1.165) is 5.76 Å². The van der Waals surface area contributed by atoms with E-state index in [4.69, 9.17) is 4.42 Å². The Morgan fingerprint density at radius 1 is 1.53 bits per heavy atom. The minimum atomic E-state index is -0.250. The Balaban J connectivity index is 2.02. The summed E-state index contributed by atoms with van der Waals surface area (Å²) in [5, 5.41) is 9.33. The van der Waals surface area contributed by atoms with Gasteiger partial charge in [0.15, 0.2) is 0 Å². The Morgan fingerprint density at radius 2 is 2.20 bits per heavy atom. The van der Waals surface area contributed by atoms with Gasteiger partial charge >= 0.3 is 0 Å². The molecule has 15 heavy (non-hydrogen) atoms. The molecule has 2 heterocycles. The molecule has 4 nitrogen and oxygen atoms in total. The number of piperidine rings is 1. The lowest BCUT2D eigenvalue weighted by Crippen LogP contribution is -2.39. The van der Waals surface area contributed by atoms with Gasteiger partial charge in [-0.15, -0.1) is 0 Å². The first kappa shape index (κ1) is 10.2. The van der Waals surface area contributed by atoms with Crippen molar-refractivity contribution in [3.8, 4) is 0 Å². The van der Waals surface area contributed by atoms with Crippen LogP contribution < -0.4 is 0 Å². The summed E-state index contributed by atoms with van der Waals surface area (Å²) in [5.41, 5.74) is 0.601. The molecule has 1 amide bonds. The summed E-state index contributed by atoms with van der Waals surface area (Å²) in [4.78, 5) is 13.7. The second-order valence-corrected chi connectivity index (χ2v) is 3.97. The number of rotatable bonds is 1. The summed E-state index contributed by atoms with van der Waals surface area (Å²) in [5.74, 6) is 0.745. The summed E-state index contributed by atoms with van der Waals surface area (Å²) < 4.78 is 5.10. The van der Waals surface area contributed by atoms with Crippen molar-refractivity contribution in [2.45, 2.75) is 25.9 Å². The van der Waals surface area contributed by atoms with E-state index < -0.39 is 0 Å². The third-order valence-corrected chi connectivity index (χ3v) is 2.73.